The molecule has 0 radical (unpaired) electrons. The third kappa shape index (κ3) is 3.34. The Bertz CT molecular complexity index is 717. The van der Waals surface area contributed by atoms with Crippen molar-refractivity contribution in [2.75, 3.05) is 5.32 Å². The zero-order valence-corrected chi connectivity index (χ0v) is 13.3. The number of aryl methyl sites for hydroxylation is 3. The second-order valence-electron chi connectivity index (χ2n) is 4.98. The van der Waals surface area contributed by atoms with E-state index in [1.807, 2.05) is 39.0 Å². The maximum absolute atomic E-state index is 12.0. The number of rotatable bonds is 3. The van der Waals surface area contributed by atoms with E-state index in [-0.39, 0.29) is 5.91 Å². The Balaban J connectivity index is 2.15. The molecule has 21 heavy (non-hydrogen) atoms. The standard InChI is InChI=1S/C16H18ClN3O/c1-10-6-5-7-14(11(10)2)18-15(21)9-8-13-12(3)19-20(4)16(13)17/h5-9H,1-4H3,(H,18,21)/b9-8+. The van der Waals surface area contributed by atoms with Crippen molar-refractivity contribution in [2.45, 2.75) is 20.8 Å². The molecule has 0 fully saturated rings. The van der Waals surface area contributed by atoms with Crippen molar-refractivity contribution in [1.29, 1.82) is 0 Å². The molecule has 1 heterocycles. The van der Waals surface area contributed by atoms with Gasteiger partial charge < -0.3 is 5.32 Å². The van der Waals surface area contributed by atoms with Crippen molar-refractivity contribution in [3.63, 3.8) is 0 Å². The summed E-state index contributed by atoms with van der Waals surface area (Å²) in [5.74, 6) is -0.192. The normalized spacial score (nSPS) is 11.1. The van der Waals surface area contributed by atoms with Gasteiger partial charge in [0.15, 0.2) is 0 Å². The summed E-state index contributed by atoms with van der Waals surface area (Å²) >= 11 is 6.12. The molecule has 2 aromatic rings. The predicted octanol–water partition coefficient (Wildman–Crippen LogP) is 3.65. The van der Waals surface area contributed by atoms with Crippen molar-refractivity contribution < 1.29 is 4.79 Å². The van der Waals surface area contributed by atoms with E-state index in [4.69, 9.17) is 11.6 Å². The van der Waals surface area contributed by atoms with Crippen molar-refractivity contribution in [3.8, 4) is 0 Å². The van der Waals surface area contributed by atoms with E-state index in [1.54, 1.807) is 17.8 Å². The maximum Gasteiger partial charge on any atom is 0.248 e. The first-order valence-corrected chi connectivity index (χ1v) is 7.02. The first-order valence-electron chi connectivity index (χ1n) is 6.64. The zero-order chi connectivity index (χ0) is 15.6. The lowest BCUT2D eigenvalue weighted by molar-refractivity contribution is -0.111. The number of halogens is 1. The summed E-state index contributed by atoms with van der Waals surface area (Å²) in [4.78, 5) is 12.0. The molecule has 4 nitrogen and oxygen atoms in total. The first kappa shape index (κ1) is 15.3. The summed E-state index contributed by atoms with van der Waals surface area (Å²) in [5.41, 5.74) is 4.57. The lowest BCUT2D eigenvalue weighted by atomic mass is 10.1. The molecule has 0 saturated carbocycles. The van der Waals surface area contributed by atoms with Crippen LogP contribution in [0.4, 0.5) is 5.69 Å². The lowest BCUT2D eigenvalue weighted by Gasteiger charge is -2.08. The number of nitrogens with one attached hydrogen (secondary N) is 1. The van der Waals surface area contributed by atoms with Gasteiger partial charge in [-0.15, -0.1) is 0 Å². The van der Waals surface area contributed by atoms with Crippen molar-refractivity contribution in [1.82, 2.24) is 9.78 Å². The number of carbonyl (C=O) groups is 1. The van der Waals surface area contributed by atoms with Gasteiger partial charge in [-0.05, 0) is 44.0 Å². The van der Waals surface area contributed by atoms with E-state index in [0.717, 1.165) is 28.1 Å². The molecule has 0 unspecified atom stereocenters. The molecule has 0 aliphatic heterocycles. The molecule has 0 atom stereocenters. The fourth-order valence-corrected chi connectivity index (χ4v) is 2.29. The van der Waals surface area contributed by atoms with E-state index in [9.17, 15) is 4.79 Å². The van der Waals surface area contributed by atoms with Crippen LogP contribution in [0.1, 0.15) is 22.4 Å². The van der Waals surface area contributed by atoms with Gasteiger partial charge in [-0.3, -0.25) is 9.48 Å². The van der Waals surface area contributed by atoms with E-state index in [1.165, 1.54) is 6.08 Å². The highest BCUT2D eigenvalue weighted by Gasteiger charge is 2.09. The van der Waals surface area contributed by atoms with Crippen LogP contribution in [-0.2, 0) is 11.8 Å². The van der Waals surface area contributed by atoms with Crippen LogP contribution in [0, 0.1) is 20.8 Å². The number of hydrogen-bond donors (Lipinski definition) is 1. The number of nitrogens with zero attached hydrogens (tertiary/aromatic N) is 2. The summed E-state index contributed by atoms with van der Waals surface area (Å²) in [7, 11) is 1.77. The Kier molecular flexibility index (Phi) is 4.48. The molecule has 5 heteroatoms. The van der Waals surface area contributed by atoms with Crippen LogP contribution in [0.2, 0.25) is 5.15 Å². The second kappa shape index (κ2) is 6.14. The number of amides is 1. The van der Waals surface area contributed by atoms with Gasteiger partial charge in [0.1, 0.15) is 5.15 Å². The molecule has 0 saturated heterocycles. The monoisotopic (exact) mass is 303 g/mol. The molecule has 0 bridgehead atoms. The summed E-state index contributed by atoms with van der Waals surface area (Å²) in [6, 6.07) is 5.82. The second-order valence-corrected chi connectivity index (χ2v) is 5.34. The summed E-state index contributed by atoms with van der Waals surface area (Å²) < 4.78 is 1.58. The van der Waals surface area contributed by atoms with E-state index < -0.39 is 0 Å². The van der Waals surface area contributed by atoms with Crippen LogP contribution in [0.5, 0.6) is 0 Å². The minimum Gasteiger partial charge on any atom is -0.322 e. The minimum atomic E-state index is -0.192. The molecule has 0 aliphatic carbocycles. The Morgan fingerprint density at radius 2 is 2.05 bits per heavy atom. The summed E-state index contributed by atoms with van der Waals surface area (Å²) in [5, 5.41) is 7.59. The topological polar surface area (TPSA) is 46.9 Å². The van der Waals surface area contributed by atoms with Gasteiger partial charge in [0.2, 0.25) is 5.91 Å². The van der Waals surface area contributed by atoms with Crippen LogP contribution in [0.25, 0.3) is 6.08 Å². The summed E-state index contributed by atoms with van der Waals surface area (Å²) in [6.45, 7) is 5.85. The molecule has 0 spiro atoms. The lowest BCUT2D eigenvalue weighted by Crippen LogP contribution is -2.09. The SMILES string of the molecule is Cc1cccc(NC(=O)/C=C/c2c(C)nn(C)c2Cl)c1C. The van der Waals surface area contributed by atoms with Gasteiger partial charge in [0, 0.05) is 24.4 Å². The van der Waals surface area contributed by atoms with Crippen molar-refractivity contribution in [3.05, 3.63) is 51.8 Å². The largest absolute Gasteiger partial charge is 0.322 e. The molecule has 2 rings (SSSR count). The van der Waals surface area contributed by atoms with Crippen molar-refractivity contribution in [2.24, 2.45) is 7.05 Å². The van der Waals surface area contributed by atoms with Gasteiger partial charge in [-0.1, -0.05) is 23.7 Å². The van der Waals surface area contributed by atoms with Gasteiger partial charge in [0.05, 0.1) is 5.69 Å². The van der Waals surface area contributed by atoms with Crippen LogP contribution < -0.4 is 5.32 Å². The van der Waals surface area contributed by atoms with E-state index in [2.05, 4.69) is 10.4 Å². The Morgan fingerprint density at radius 1 is 1.33 bits per heavy atom. The minimum absolute atomic E-state index is 0.192. The van der Waals surface area contributed by atoms with Gasteiger partial charge >= 0.3 is 0 Å². The number of aromatic nitrogens is 2. The molecule has 0 aliphatic rings. The van der Waals surface area contributed by atoms with Crippen LogP contribution in [0.15, 0.2) is 24.3 Å². The van der Waals surface area contributed by atoms with Crippen LogP contribution in [-0.4, -0.2) is 15.7 Å². The van der Waals surface area contributed by atoms with Gasteiger partial charge in [0.25, 0.3) is 0 Å². The molecular formula is C16H18ClN3O. The average Bonchev–Trinajstić information content (AvgIpc) is 2.67. The van der Waals surface area contributed by atoms with Crippen molar-refractivity contribution >= 4 is 29.3 Å². The molecule has 1 aromatic heterocycles. The number of carbonyl (C=O) groups excluding carboxylic acids is 1. The smallest absolute Gasteiger partial charge is 0.248 e. The Labute approximate surface area is 129 Å². The van der Waals surface area contributed by atoms with E-state index in [0.29, 0.717) is 5.15 Å². The average molecular weight is 304 g/mol. The number of anilines is 1. The van der Waals surface area contributed by atoms with Crippen LogP contribution >= 0.6 is 11.6 Å². The Morgan fingerprint density at radius 3 is 2.67 bits per heavy atom. The number of hydrogen-bond acceptors (Lipinski definition) is 2. The quantitative estimate of drug-likeness (QED) is 0.880. The number of benzene rings is 1. The third-order valence-electron chi connectivity index (χ3n) is 3.46. The molecule has 1 amide bonds. The molecule has 1 aromatic carbocycles. The van der Waals surface area contributed by atoms with E-state index >= 15 is 0 Å². The fourth-order valence-electron chi connectivity index (χ4n) is 2.06. The summed E-state index contributed by atoms with van der Waals surface area (Å²) in [6.07, 6.45) is 3.16. The van der Waals surface area contributed by atoms with Gasteiger partial charge in [-0.25, -0.2) is 0 Å². The molecule has 110 valence electrons. The third-order valence-corrected chi connectivity index (χ3v) is 3.91. The zero-order valence-electron chi connectivity index (χ0n) is 12.6. The highest BCUT2D eigenvalue weighted by atomic mass is 35.5. The molecule has 1 N–H and O–H groups in total. The predicted molar refractivity (Wildman–Crippen MR) is 86.5 cm³/mol. The van der Waals surface area contributed by atoms with Crippen LogP contribution in [0.3, 0.4) is 0 Å². The molecular weight excluding hydrogens is 286 g/mol. The van der Waals surface area contributed by atoms with Gasteiger partial charge in [-0.2, -0.15) is 5.10 Å². The first-order chi connectivity index (χ1) is 9.90. The maximum atomic E-state index is 12.0. The highest BCUT2D eigenvalue weighted by Crippen LogP contribution is 2.21. The fraction of sp³-hybridized carbons (Fsp3) is 0.250. The highest BCUT2D eigenvalue weighted by molar-refractivity contribution is 6.31. The Hall–Kier alpha value is -2.07.